The van der Waals surface area contributed by atoms with Crippen molar-refractivity contribution in [2.24, 2.45) is 5.92 Å². The van der Waals surface area contributed by atoms with Crippen LogP contribution in [0.25, 0.3) is 0 Å². The van der Waals surface area contributed by atoms with Crippen LogP contribution in [0.2, 0.25) is 0 Å². The highest BCUT2D eigenvalue weighted by atomic mass is 79.9. The Morgan fingerprint density at radius 3 is 2.88 bits per heavy atom. The van der Waals surface area contributed by atoms with E-state index in [0.717, 1.165) is 16.8 Å². The third-order valence-electron chi connectivity index (χ3n) is 2.17. The Morgan fingerprint density at radius 1 is 1.50 bits per heavy atom. The summed E-state index contributed by atoms with van der Waals surface area (Å²) >= 11 is 3.61. The van der Waals surface area contributed by atoms with Crippen molar-refractivity contribution >= 4 is 15.9 Å². The quantitative estimate of drug-likeness (QED) is 0.545. The monoisotopic (exact) mass is 175 g/mol. The third kappa shape index (κ3) is 0.627. The minimum atomic E-state index is 0.810. The van der Waals surface area contributed by atoms with Crippen molar-refractivity contribution in [3.05, 3.63) is 0 Å². The van der Waals surface area contributed by atoms with Gasteiger partial charge in [0.1, 0.15) is 0 Å². The summed E-state index contributed by atoms with van der Waals surface area (Å²) in [5.41, 5.74) is 0. The van der Waals surface area contributed by atoms with Gasteiger partial charge in [-0.25, -0.2) is 0 Å². The first-order valence-electron chi connectivity index (χ1n) is 3.27. The summed E-state index contributed by atoms with van der Waals surface area (Å²) in [7, 11) is 0. The van der Waals surface area contributed by atoms with Crippen molar-refractivity contribution < 1.29 is 0 Å². The lowest BCUT2D eigenvalue weighted by Crippen LogP contribution is -2.24. The molecule has 1 heterocycles. The van der Waals surface area contributed by atoms with Crippen molar-refractivity contribution in [3.8, 4) is 0 Å². The van der Waals surface area contributed by atoms with Gasteiger partial charge < -0.3 is 5.32 Å². The summed E-state index contributed by atoms with van der Waals surface area (Å²) < 4.78 is 0. The van der Waals surface area contributed by atoms with Gasteiger partial charge in [-0.1, -0.05) is 15.9 Å². The first-order chi connectivity index (χ1) is 3.89. The Bertz CT molecular complexity index is 92.7. The van der Waals surface area contributed by atoms with E-state index in [-0.39, 0.29) is 0 Å². The number of rotatable bonds is 0. The van der Waals surface area contributed by atoms with Gasteiger partial charge >= 0.3 is 0 Å². The molecule has 46 valence electrons. The van der Waals surface area contributed by atoms with Crippen LogP contribution in [0, 0.1) is 5.92 Å². The second-order valence-corrected chi connectivity index (χ2v) is 3.79. The van der Waals surface area contributed by atoms with Crippen molar-refractivity contribution in [1.29, 1.82) is 0 Å². The smallest absolute Gasteiger partial charge is 0.0345 e. The lowest BCUT2D eigenvalue weighted by molar-refractivity contribution is 0.505. The molecule has 1 nitrogen and oxygen atoms in total. The fraction of sp³-hybridized carbons (Fsp3) is 1.00. The molecule has 2 aliphatic rings. The first kappa shape index (κ1) is 5.24. The third-order valence-corrected chi connectivity index (χ3v) is 3.42. The average molecular weight is 176 g/mol. The summed E-state index contributed by atoms with van der Waals surface area (Å²) in [5.74, 6) is 0.976. The Labute approximate surface area is 58.0 Å². The maximum atomic E-state index is 3.61. The molecule has 2 fully saturated rings. The number of fused-ring (bicyclic) bond motifs is 1. The van der Waals surface area contributed by atoms with Crippen molar-refractivity contribution in [1.82, 2.24) is 5.32 Å². The van der Waals surface area contributed by atoms with Crippen molar-refractivity contribution in [2.45, 2.75) is 23.7 Å². The Kier molecular flexibility index (Phi) is 1.12. The topological polar surface area (TPSA) is 12.0 Å². The molecule has 0 bridgehead atoms. The van der Waals surface area contributed by atoms with E-state index in [1.165, 1.54) is 19.4 Å². The van der Waals surface area contributed by atoms with Crippen molar-refractivity contribution in [2.75, 3.05) is 6.54 Å². The highest BCUT2D eigenvalue weighted by Gasteiger charge is 2.48. The fourth-order valence-electron chi connectivity index (χ4n) is 1.54. The molecule has 0 aromatic heterocycles. The maximum Gasteiger partial charge on any atom is 0.0345 e. The van der Waals surface area contributed by atoms with Crippen LogP contribution in [0.1, 0.15) is 12.8 Å². The van der Waals surface area contributed by atoms with Gasteiger partial charge in [-0.15, -0.1) is 0 Å². The van der Waals surface area contributed by atoms with Crippen LogP contribution in [-0.2, 0) is 0 Å². The van der Waals surface area contributed by atoms with Crippen LogP contribution in [0.3, 0.4) is 0 Å². The molecular weight excluding hydrogens is 166 g/mol. The van der Waals surface area contributed by atoms with E-state index < -0.39 is 0 Å². The Balaban J connectivity index is 1.97. The molecule has 0 unspecified atom stereocenters. The summed E-state index contributed by atoms with van der Waals surface area (Å²) in [6, 6.07) is 0.837. The second-order valence-electron chi connectivity index (χ2n) is 2.73. The van der Waals surface area contributed by atoms with Gasteiger partial charge in [0.2, 0.25) is 0 Å². The molecular formula is C6H10BrN. The van der Waals surface area contributed by atoms with Gasteiger partial charge in [-0.3, -0.25) is 0 Å². The Morgan fingerprint density at radius 2 is 2.38 bits per heavy atom. The molecule has 1 saturated carbocycles. The van der Waals surface area contributed by atoms with Gasteiger partial charge in [-0.05, 0) is 25.3 Å². The minimum Gasteiger partial charge on any atom is -0.313 e. The summed E-state index contributed by atoms with van der Waals surface area (Å²) in [6.45, 7) is 1.24. The highest BCUT2D eigenvalue weighted by molar-refractivity contribution is 9.09. The standard InChI is InChI=1S/C6H10BrN/c7-5-4-2-1-3-8-6(4)5/h4-6,8H,1-3H2/t4-,5-,6-/m1/s1. The van der Waals surface area contributed by atoms with E-state index in [1.54, 1.807) is 0 Å². The van der Waals surface area contributed by atoms with E-state index in [9.17, 15) is 0 Å². The zero-order valence-corrected chi connectivity index (χ0v) is 6.32. The fourth-order valence-corrected chi connectivity index (χ4v) is 2.54. The molecule has 0 aromatic carbocycles. The van der Waals surface area contributed by atoms with E-state index in [1.807, 2.05) is 0 Å². The molecule has 2 heteroatoms. The largest absolute Gasteiger partial charge is 0.313 e. The van der Waals surface area contributed by atoms with E-state index >= 15 is 0 Å². The summed E-state index contributed by atoms with van der Waals surface area (Å²) in [5, 5.41) is 3.46. The minimum absolute atomic E-state index is 0.810. The maximum absolute atomic E-state index is 3.61. The van der Waals surface area contributed by atoms with E-state index in [2.05, 4.69) is 21.2 Å². The van der Waals surface area contributed by atoms with Crippen LogP contribution in [-0.4, -0.2) is 17.4 Å². The number of hydrogen-bond acceptors (Lipinski definition) is 1. The summed E-state index contributed by atoms with van der Waals surface area (Å²) in [4.78, 5) is 0.810. The average Bonchev–Trinajstić information content (AvgIpc) is 2.46. The summed E-state index contributed by atoms with van der Waals surface area (Å²) in [6.07, 6.45) is 2.82. The highest BCUT2D eigenvalue weighted by Crippen LogP contribution is 2.43. The van der Waals surface area contributed by atoms with Gasteiger partial charge in [0, 0.05) is 10.9 Å². The molecule has 0 amide bonds. The Hall–Kier alpha value is 0.440. The van der Waals surface area contributed by atoms with Gasteiger partial charge in [-0.2, -0.15) is 0 Å². The predicted octanol–water partition coefficient (Wildman–Crippen LogP) is 1.13. The van der Waals surface area contributed by atoms with Gasteiger partial charge in [0.05, 0.1) is 0 Å². The van der Waals surface area contributed by atoms with E-state index in [4.69, 9.17) is 0 Å². The lowest BCUT2D eigenvalue weighted by atomic mass is 10.2. The zero-order chi connectivity index (χ0) is 5.56. The van der Waals surface area contributed by atoms with Crippen LogP contribution >= 0.6 is 15.9 Å². The molecule has 3 atom stereocenters. The van der Waals surface area contributed by atoms with E-state index in [0.29, 0.717) is 0 Å². The van der Waals surface area contributed by atoms with Gasteiger partial charge in [0.25, 0.3) is 0 Å². The molecule has 2 rings (SSSR count). The normalized spacial score (nSPS) is 52.9. The van der Waals surface area contributed by atoms with Crippen molar-refractivity contribution in [3.63, 3.8) is 0 Å². The molecule has 1 aliphatic carbocycles. The number of piperidine rings is 1. The first-order valence-corrected chi connectivity index (χ1v) is 4.18. The molecule has 1 saturated heterocycles. The van der Waals surface area contributed by atoms with Crippen LogP contribution in [0.4, 0.5) is 0 Å². The molecule has 8 heavy (non-hydrogen) atoms. The zero-order valence-electron chi connectivity index (χ0n) is 4.73. The SMILES string of the molecule is Br[C@@H]1[C@H]2CCCN[C@@H]12. The van der Waals surface area contributed by atoms with Gasteiger partial charge in [0.15, 0.2) is 0 Å². The molecule has 0 aromatic rings. The number of nitrogens with one attached hydrogen (secondary N) is 1. The van der Waals surface area contributed by atoms with Crippen LogP contribution < -0.4 is 5.32 Å². The molecule has 0 spiro atoms. The van der Waals surface area contributed by atoms with Crippen LogP contribution in [0.5, 0.6) is 0 Å². The predicted molar refractivity (Wildman–Crippen MR) is 37.2 cm³/mol. The molecule has 1 aliphatic heterocycles. The number of hydrogen-bond donors (Lipinski definition) is 1. The number of halogens is 1. The molecule has 0 radical (unpaired) electrons. The van der Waals surface area contributed by atoms with Crippen LogP contribution in [0.15, 0.2) is 0 Å². The number of alkyl halides is 1. The second kappa shape index (κ2) is 1.71. The molecule has 1 N–H and O–H groups in total. The lowest BCUT2D eigenvalue weighted by Gasteiger charge is -2.07.